The summed E-state index contributed by atoms with van der Waals surface area (Å²) in [6, 6.07) is 74.2. The quantitative estimate of drug-likeness (QED) is 0.123. The van der Waals surface area contributed by atoms with E-state index in [0.29, 0.717) is 0 Å². The van der Waals surface area contributed by atoms with Gasteiger partial charge in [0, 0.05) is 0 Å². The predicted molar refractivity (Wildman–Crippen MR) is 253 cm³/mol. The van der Waals surface area contributed by atoms with Gasteiger partial charge in [-0.05, 0) is 122 Å². The van der Waals surface area contributed by atoms with E-state index in [1.54, 1.807) is 0 Å². The summed E-state index contributed by atoms with van der Waals surface area (Å²) in [6.45, 7) is 0.247. The third kappa shape index (κ3) is 4.12. The van der Waals surface area contributed by atoms with E-state index in [1.807, 2.05) is 0 Å². The van der Waals surface area contributed by atoms with Gasteiger partial charge in [-0.25, -0.2) is 0 Å². The van der Waals surface area contributed by atoms with Crippen molar-refractivity contribution in [3.63, 3.8) is 0 Å². The van der Waals surface area contributed by atoms with Crippen LogP contribution in [0.4, 0.5) is 0 Å². The van der Waals surface area contributed by atoms with Crippen molar-refractivity contribution in [3.05, 3.63) is 194 Å². The van der Waals surface area contributed by atoms with Crippen LogP contribution in [0.15, 0.2) is 194 Å². The number of hydrogen-bond acceptors (Lipinski definition) is 0. The molecule has 0 spiro atoms. The van der Waals surface area contributed by atoms with Gasteiger partial charge in [-0.2, -0.15) is 0 Å². The Morgan fingerprint density at radius 2 is 0.466 bits per heavy atom. The SMILES string of the molecule is c1ccc2cc3c(cc2c1)B(c1ccc2ccc4ccc(B5c6cc7ccccc7cc6-c6cc7ccccc7cc65)c5ccc1c2c45)c1cc2ccccc2cc1-3. The normalized spacial score (nSPS) is 13.1. The maximum atomic E-state index is 2.47. The standard InChI is InChI=1S/C56H32B2/c1-5-13-39-29-51-45(25-35(39)9-1)46-26-36-10-2-6-14-40(36)30-52(46)57(51)49-23-19-33-17-18-34-20-24-50(44-22-21-43(49)55(33)56(34)44)58-53-31-41-15-7-3-11-37(41)27-47(53)48-28-38-12-4-8-16-42(38)32-54(48)58/h1-32H. The van der Waals surface area contributed by atoms with Gasteiger partial charge in [0.15, 0.2) is 0 Å². The molecule has 2 heteroatoms. The molecule has 12 aromatic carbocycles. The number of rotatable bonds is 2. The molecule has 0 bridgehead atoms. The Hall–Kier alpha value is -7.15. The van der Waals surface area contributed by atoms with Crippen molar-refractivity contribution in [1.82, 2.24) is 0 Å². The van der Waals surface area contributed by atoms with Crippen molar-refractivity contribution in [3.8, 4) is 22.3 Å². The van der Waals surface area contributed by atoms with E-state index in [-0.39, 0.29) is 13.4 Å². The number of benzene rings is 12. The van der Waals surface area contributed by atoms with Crippen LogP contribution in [0, 0.1) is 0 Å². The summed E-state index contributed by atoms with van der Waals surface area (Å²) in [5.74, 6) is 0. The first-order valence-electron chi connectivity index (χ1n) is 20.6. The number of hydrogen-bond donors (Lipinski definition) is 0. The van der Waals surface area contributed by atoms with Gasteiger partial charge in [0.05, 0.1) is 0 Å². The van der Waals surface area contributed by atoms with Crippen LogP contribution in [0.2, 0.25) is 0 Å². The largest absolute Gasteiger partial charge is 0.243 e. The van der Waals surface area contributed by atoms with Gasteiger partial charge in [-0.15, -0.1) is 0 Å². The average Bonchev–Trinajstić information content (AvgIpc) is 3.74. The van der Waals surface area contributed by atoms with E-state index in [0.717, 1.165) is 0 Å². The summed E-state index contributed by atoms with van der Waals surface area (Å²) in [5.41, 5.74) is 13.8. The molecule has 0 amide bonds. The van der Waals surface area contributed by atoms with E-state index in [2.05, 4.69) is 194 Å². The molecule has 14 rings (SSSR count). The van der Waals surface area contributed by atoms with Crippen molar-refractivity contribution >= 4 is 122 Å². The van der Waals surface area contributed by atoms with Gasteiger partial charge in [-0.3, -0.25) is 0 Å². The van der Waals surface area contributed by atoms with Crippen LogP contribution in [-0.4, -0.2) is 13.4 Å². The lowest BCUT2D eigenvalue weighted by Gasteiger charge is -2.21. The van der Waals surface area contributed by atoms with E-state index in [9.17, 15) is 0 Å². The van der Waals surface area contributed by atoms with Crippen molar-refractivity contribution < 1.29 is 0 Å². The second kappa shape index (κ2) is 11.2. The second-order valence-electron chi connectivity index (χ2n) is 16.7. The Bertz CT molecular complexity index is 3350. The van der Waals surface area contributed by atoms with E-state index in [4.69, 9.17) is 0 Å². The lowest BCUT2D eigenvalue weighted by Crippen LogP contribution is -2.49. The van der Waals surface area contributed by atoms with Gasteiger partial charge >= 0.3 is 0 Å². The van der Waals surface area contributed by atoms with Crippen LogP contribution in [0.1, 0.15) is 0 Å². The third-order valence-electron chi connectivity index (χ3n) is 13.8. The summed E-state index contributed by atoms with van der Waals surface area (Å²) in [7, 11) is 0. The highest BCUT2D eigenvalue weighted by Crippen LogP contribution is 2.37. The minimum absolute atomic E-state index is 0.124. The highest BCUT2D eigenvalue weighted by molar-refractivity contribution is 7.01. The molecule has 2 aliphatic heterocycles. The Balaban J connectivity index is 1.04. The highest BCUT2D eigenvalue weighted by atomic mass is 14.2. The Morgan fingerprint density at radius 3 is 0.759 bits per heavy atom. The van der Waals surface area contributed by atoms with E-state index >= 15 is 0 Å². The average molecular weight is 726 g/mol. The highest BCUT2D eigenvalue weighted by Gasteiger charge is 2.37. The maximum Gasteiger partial charge on any atom is 0.243 e. The first-order chi connectivity index (χ1) is 28.7. The molecule has 262 valence electrons. The van der Waals surface area contributed by atoms with Gasteiger partial charge < -0.3 is 0 Å². The molecular formula is C56H32B2. The molecule has 0 aromatic heterocycles. The molecule has 0 nitrogen and oxygen atoms in total. The molecule has 0 unspecified atom stereocenters. The molecule has 58 heavy (non-hydrogen) atoms. The summed E-state index contributed by atoms with van der Waals surface area (Å²) in [5, 5.41) is 18.4. The van der Waals surface area contributed by atoms with Crippen LogP contribution >= 0.6 is 0 Å². The lowest BCUT2D eigenvalue weighted by molar-refractivity contribution is 1.74. The molecule has 0 saturated carbocycles. The van der Waals surface area contributed by atoms with Crippen LogP contribution in [-0.2, 0) is 0 Å². The molecular weight excluding hydrogens is 694 g/mol. The monoisotopic (exact) mass is 726 g/mol. The molecule has 12 aromatic rings. The molecule has 0 fully saturated rings. The van der Waals surface area contributed by atoms with Crippen LogP contribution < -0.4 is 32.8 Å². The summed E-state index contributed by atoms with van der Waals surface area (Å²) < 4.78 is 0. The van der Waals surface area contributed by atoms with Crippen molar-refractivity contribution in [2.45, 2.75) is 0 Å². The summed E-state index contributed by atoms with van der Waals surface area (Å²) in [4.78, 5) is 0. The van der Waals surface area contributed by atoms with Crippen LogP contribution in [0.25, 0.3) is 97.7 Å². The third-order valence-corrected chi connectivity index (χ3v) is 13.8. The lowest BCUT2D eigenvalue weighted by atomic mass is 9.37. The van der Waals surface area contributed by atoms with Crippen molar-refractivity contribution in [2.75, 3.05) is 0 Å². The maximum absolute atomic E-state index is 2.47. The molecule has 0 atom stereocenters. The van der Waals surface area contributed by atoms with Gasteiger partial charge in [0.25, 0.3) is 0 Å². The Kier molecular flexibility index (Phi) is 6.01. The molecule has 2 aliphatic rings. The molecule has 0 N–H and O–H groups in total. The fourth-order valence-electron chi connectivity index (χ4n) is 11.3. The van der Waals surface area contributed by atoms with Gasteiger partial charge in [0.2, 0.25) is 13.4 Å². The summed E-state index contributed by atoms with van der Waals surface area (Å²) >= 11 is 0. The fourth-order valence-corrected chi connectivity index (χ4v) is 11.3. The summed E-state index contributed by atoms with van der Waals surface area (Å²) in [6.07, 6.45) is 0. The first kappa shape index (κ1) is 31.0. The second-order valence-corrected chi connectivity index (χ2v) is 16.7. The van der Waals surface area contributed by atoms with Crippen LogP contribution in [0.3, 0.4) is 0 Å². The zero-order valence-electron chi connectivity index (χ0n) is 31.6. The van der Waals surface area contributed by atoms with Crippen molar-refractivity contribution in [2.24, 2.45) is 0 Å². The molecule has 0 radical (unpaired) electrons. The predicted octanol–water partition coefficient (Wildman–Crippen LogP) is 10.2. The molecule has 2 heterocycles. The van der Waals surface area contributed by atoms with E-state index in [1.165, 1.54) is 130 Å². The van der Waals surface area contributed by atoms with Gasteiger partial charge in [-0.1, -0.05) is 203 Å². The fraction of sp³-hybridized carbons (Fsp3) is 0. The van der Waals surface area contributed by atoms with E-state index < -0.39 is 0 Å². The first-order valence-corrected chi connectivity index (χ1v) is 20.6. The minimum Gasteiger partial charge on any atom is -0.0657 e. The molecule has 0 saturated heterocycles. The zero-order chi connectivity index (χ0) is 37.6. The number of fused-ring (bicyclic) bond motifs is 10. The minimum atomic E-state index is 0.124. The molecule has 0 aliphatic carbocycles. The topological polar surface area (TPSA) is 0 Å². The zero-order valence-corrected chi connectivity index (χ0v) is 31.6. The van der Waals surface area contributed by atoms with Gasteiger partial charge in [0.1, 0.15) is 0 Å². The smallest absolute Gasteiger partial charge is 0.0657 e. The Morgan fingerprint density at radius 1 is 0.207 bits per heavy atom. The van der Waals surface area contributed by atoms with Crippen molar-refractivity contribution in [1.29, 1.82) is 0 Å². The Labute approximate surface area is 336 Å². The van der Waals surface area contributed by atoms with Crippen LogP contribution in [0.5, 0.6) is 0 Å².